The first-order valence-corrected chi connectivity index (χ1v) is 8.59. The molecule has 0 saturated heterocycles. The van der Waals surface area contributed by atoms with Gasteiger partial charge in [0.25, 0.3) is 5.91 Å². The summed E-state index contributed by atoms with van der Waals surface area (Å²) >= 11 is 0. The van der Waals surface area contributed by atoms with E-state index in [1.54, 1.807) is 31.2 Å². The second kappa shape index (κ2) is 9.07. The average Bonchev–Trinajstić information content (AvgIpc) is 2.61. The fraction of sp³-hybridized carbons (Fsp3) is 0.526. The van der Waals surface area contributed by atoms with Crippen LogP contribution in [-0.4, -0.2) is 18.0 Å². The molecule has 5 heteroatoms. The number of carbonyl (C=O) groups excluding carboxylic acids is 2. The van der Waals surface area contributed by atoms with E-state index in [-0.39, 0.29) is 5.97 Å². The van der Waals surface area contributed by atoms with Crippen LogP contribution in [0.3, 0.4) is 0 Å². The van der Waals surface area contributed by atoms with Crippen LogP contribution in [0.15, 0.2) is 24.3 Å². The SMILES string of the molecule is C[C@H](OC(=O)CCC1CCCCC1)C(=O)Nc1ccccc1C#N. The maximum absolute atomic E-state index is 12.1. The molecule has 1 N–H and O–H groups in total. The van der Waals surface area contributed by atoms with E-state index < -0.39 is 12.0 Å². The van der Waals surface area contributed by atoms with Gasteiger partial charge in [0.05, 0.1) is 11.3 Å². The Kier molecular flexibility index (Phi) is 6.80. The summed E-state index contributed by atoms with van der Waals surface area (Å²) in [5, 5.41) is 11.7. The van der Waals surface area contributed by atoms with Crippen LogP contribution in [0.25, 0.3) is 0 Å². The summed E-state index contributed by atoms with van der Waals surface area (Å²) in [6, 6.07) is 8.74. The number of nitriles is 1. The Hall–Kier alpha value is -2.35. The van der Waals surface area contributed by atoms with E-state index >= 15 is 0 Å². The summed E-state index contributed by atoms with van der Waals surface area (Å²) in [4.78, 5) is 24.0. The molecule has 1 atom stereocenters. The summed E-state index contributed by atoms with van der Waals surface area (Å²) in [5.41, 5.74) is 0.803. The van der Waals surface area contributed by atoms with Crippen LogP contribution in [0, 0.1) is 17.2 Å². The molecule has 1 amide bonds. The van der Waals surface area contributed by atoms with Crippen molar-refractivity contribution < 1.29 is 14.3 Å². The Labute approximate surface area is 143 Å². The third kappa shape index (κ3) is 5.38. The zero-order valence-corrected chi connectivity index (χ0v) is 14.1. The van der Waals surface area contributed by atoms with Gasteiger partial charge in [0.2, 0.25) is 0 Å². The Morgan fingerprint density at radius 2 is 2.00 bits per heavy atom. The van der Waals surface area contributed by atoms with Crippen LogP contribution >= 0.6 is 0 Å². The Morgan fingerprint density at radius 1 is 1.29 bits per heavy atom. The predicted octanol–water partition coefficient (Wildman–Crippen LogP) is 3.79. The average molecular weight is 328 g/mol. The lowest BCUT2D eigenvalue weighted by Crippen LogP contribution is -2.30. The van der Waals surface area contributed by atoms with Gasteiger partial charge in [0, 0.05) is 6.42 Å². The lowest BCUT2D eigenvalue weighted by molar-refractivity contribution is -0.153. The third-order valence-corrected chi connectivity index (χ3v) is 4.46. The van der Waals surface area contributed by atoms with Gasteiger partial charge < -0.3 is 10.1 Å². The second-order valence-corrected chi connectivity index (χ2v) is 6.32. The van der Waals surface area contributed by atoms with Crippen LogP contribution < -0.4 is 5.32 Å². The molecule has 1 saturated carbocycles. The minimum atomic E-state index is -0.879. The van der Waals surface area contributed by atoms with Gasteiger partial charge >= 0.3 is 5.97 Å². The number of nitrogens with zero attached hydrogens (tertiary/aromatic N) is 1. The number of rotatable bonds is 6. The van der Waals surface area contributed by atoms with Gasteiger partial charge in [-0.15, -0.1) is 0 Å². The van der Waals surface area contributed by atoms with Crippen LogP contribution in [0.4, 0.5) is 5.69 Å². The standard InChI is InChI=1S/C19H24N2O3/c1-14(19(23)21-17-10-6-5-9-16(17)13-20)24-18(22)12-11-15-7-3-2-4-8-15/h5-6,9-10,14-15H,2-4,7-8,11-12H2,1H3,(H,21,23)/t14-/m0/s1. The van der Waals surface area contributed by atoms with E-state index in [1.165, 1.54) is 32.1 Å². The van der Waals surface area contributed by atoms with Crippen LogP contribution in [0.5, 0.6) is 0 Å². The predicted molar refractivity (Wildman–Crippen MR) is 91.1 cm³/mol. The number of nitrogens with one attached hydrogen (secondary N) is 1. The highest BCUT2D eigenvalue weighted by Gasteiger charge is 2.20. The maximum Gasteiger partial charge on any atom is 0.306 e. The Morgan fingerprint density at radius 3 is 2.71 bits per heavy atom. The molecule has 0 heterocycles. The normalized spacial score (nSPS) is 16.0. The first kappa shape index (κ1) is 18.0. The van der Waals surface area contributed by atoms with Gasteiger partial charge in [0.1, 0.15) is 6.07 Å². The lowest BCUT2D eigenvalue weighted by Gasteiger charge is -2.21. The summed E-state index contributed by atoms with van der Waals surface area (Å²) in [7, 11) is 0. The molecule has 5 nitrogen and oxygen atoms in total. The molecule has 2 rings (SSSR count). The first-order chi connectivity index (χ1) is 11.6. The molecule has 0 radical (unpaired) electrons. The van der Waals surface area contributed by atoms with Crippen molar-refractivity contribution in [3.63, 3.8) is 0 Å². The molecule has 24 heavy (non-hydrogen) atoms. The van der Waals surface area contributed by atoms with Crippen molar-refractivity contribution in [1.29, 1.82) is 5.26 Å². The fourth-order valence-electron chi connectivity index (χ4n) is 3.03. The van der Waals surface area contributed by atoms with E-state index in [1.807, 2.05) is 6.07 Å². The lowest BCUT2D eigenvalue weighted by atomic mass is 9.86. The molecule has 0 aliphatic heterocycles. The van der Waals surface area contributed by atoms with Crippen molar-refractivity contribution in [1.82, 2.24) is 0 Å². The van der Waals surface area contributed by atoms with Crippen molar-refractivity contribution in [2.24, 2.45) is 5.92 Å². The van der Waals surface area contributed by atoms with Crippen molar-refractivity contribution in [2.45, 2.75) is 58.0 Å². The molecule has 0 unspecified atom stereocenters. The number of hydrogen-bond acceptors (Lipinski definition) is 4. The van der Waals surface area contributed by atoms with Crippen LogP contribution in [0.1, 0.15) is 57.4 Å². The van der Waals surface area contributed by atoms with Crippen molar-refractivity contribution >= 4 is 17.6 Å². The van der Waals surface area contributed by atoms with Crippen molar-refractivity contribution in [2.75, 3.05) is 5.32 Å². The topological polar surface area (TPSA) is 79.2 Å². The molecule has 1 aromatic rings. The molecule has 0 aromatic heterocycles. The van der Waals surface area contributed by atoms with Crippen LogP contribution in [-0.2, 0) is 14.3 Å². The number of esters is 1. The summed E-state index contributed by atoms with van der Waals surface area (Å²) in [6.45, 7) is 1.54. The summed E-state index contributed by atoms with van der Waals surface area (Å²) in [6.07, 6.45) is 6.48. The van der Waals surface area contributed by atoms with Crippen LogP contribution in [0.2, 0.25) is 0 Å². The number of ether oxygens (including phenoxy) is 1. The van der Waals surface area contributed by atoms with Crippen molar-refractivity contribution in [3.8, 4) is 6.07 Å². The number of benzene rings is 1. The minimum Gasteiger partial charge on any atom is -0.453 e. The van der Waals surface area contributed by atoms with E-state index in [2.05, 4.69) is 5.32 Å². The van der Waals surface area contributed by atoms with Crippen molar-refractivity contribution in [3.05, 3.63) is 29.8 Å². The highest BCUT2D eigenvalue weighted by atomic mass is 16.5. The minimum absolute atomic E-state index is 0.336. The second-order valence-electron chi connectivity index (χ2n) is 6.32. The molecule has 1 aliphatic carbocycles. The van der Waals surface area contributed by atoms with E-state index in [0.29, 0.717) is 23.6 Å². The largest absolute Gasteiger partial charge is 0.453 e. The van der Waals surface area contributed by atoms with Gasteiger partial charge in [-0.25, -0.2) is 0 Å². The number of para-hydroxylation sites is 1. The van der Waals surface area contributed by atoms with Gasteiger partial charge in [0.15, 0.2) is 6.10 Å². The van der Waals surface area contributed by atoms with E-state index in [9.17, 15) is 9.59 Å². The zero-order chi connectivity index (χ0) is 17.4. The fourth-order valence-corrected chi connectivity index (χ4v) is 3.03. The number of anilines is 1. The number of amides is 1. The van der Waals surface area contributed by atoms with Gasteiger partial charge in [-0.3, -0.25) is 9.59 Å². The number of hydrogen-bond donors (Lipinski definition) is 1. The van der Waals surface area contributed by atoms with E-state index in [4.69, 9.17) is 10.00 Å². The molecule has 1 aromatic carbocycles. The highest BCUT2D eigenvalue weighted by Crippen LogP contribution is 2.27. The number of carbonyl (C=O) groups is 2. The molecular weight excluding hydrogens is 304 g/mol. The van der Waals surface area contributed by atoms with E-state index in [0.717, 1.165) is 6.42 Å². The quantitative estimate of drug-likeness (QED) is 0.806. The third-order valence-electron chi connectivity index (χ3n) is 4.46. The molecule has 0 bridgehead atoms. The zero-order valence-electron chi connectivity index (χ0n) is 14.1. The molecular formula is C19H24N2O3. The smallest absolute Gasteiger partial charge is 0.306 e. The Bertz CT molecular complexity index is 615. The summed E-state index contributed by atoms with van der Waals surface area (Å²) < 4.78 is 5.22. The van der Waals surface area contributed by atoms with Gasteiger partial charge in [-0.05, 0) is 31.4 Å². The highest BCUT2D eigenvalue weighted by molar-refractivity contribution is 5.96. The monoisotopic (exact) mass is 328 g/mol. The van der Waals surface area contributed by atoms with Gasteiger partial charge in [-0.1, -0.05) is 44.2 Å². The molecule has 1 aliphatic rings. The molecule has 1 fully saturated rings. The molecule has 0 spiro atoms. The summed E-state index contributed by atoms with van der Waals surface area (Å²) in [5.74, 6) is -0.154. The first-order valence-electron chi connectivity index (χ1n) is 8.59. The Balaban J connectivity index is 1.78. The molecule has 128 valence electrons. The van der Waals surface area contributed by atoms with Gasteiger partial charge in [-0.2, -0.15) is 5.26 Å². The maximum atomic E-state index is 12.1.